The van der Waals surface area contributed by atoms with Crippen molar-refractivity contribution in [2.45, 2.75) is 13.0 Å². The van der Waals surface area contributed by atoms with Crippen molar-refractivity contribution >= 4 is 11.6 Å². The number of carbonyl (C=O) groups excluding carboxylic acids is 1. The molecule has 5 heteroatoms. The van der Waals surface area contributed by atoms with Gasteiger partial charge in [0.05, 0.1) is 12.7 Å². The van der Waals surface area contributed by atoms with E-state index in [1.165, 1.54) is 0 Å². The number of likely N-dealkylation sites (tertiary alicyclic amines) is 1. The first kappa shape index (κ1) is 11.7. The van der Waals surface area contributed by atoms with Crippen LogP contribution in [0.25, 0.3) is 0 Å². The monoisotopic (exact) mass is 236 g/mol. The quantitative estimate of drug-likeness (QED) is 0.749. The Hall–Kier alpha value is -1.75. The maximum absolute atomic E-state index is 12.0. The number of aliphatic hydroxyl groups is 1. The Morgan fingerprint density at radius 3 is 2.82 bits per heavy atom. The molecule has 0 aromatic heterocycles. The summed E-state index contributed by atoms with van der Waals surface area (Å²) < 4.78 is 5.33. The van der Waals surface area contributed by atoms with Crippen LogP contribution in [0, 0.1) is 0 Å². The molecule has 1 aromatic rings. The Balaban J connectivity index is 2.16. The van der Waals surface area contributed by atoms with Gasteiger partial charge in [-0.15, -0.1) is 0 Å². The van der Waals surface area contributed by atoms with E-state index in [1.807, 2.05) is 6.92 Å². The van der Waals surface area contributed by atoms with E-state index >= 15 is 0 Å². The van der Waals surface area contributed by atoms with Gasteiger partial charge in [0.2, 0.25) is 0 Å². The van der Waals surface area contributed by atoms with Gasteiger partial charge in [0.15, 0.2) is 0 Å². The van der Waals surface area contributed by atoms with E-state index in [0.717, 1.165) is 0 Å². The summed E-state index contributed by atoms with van der Waals surface area (Å²) in [4.78, 5) is 13.6. The second-order valence-electron chi connectivity index (χ2n) is 4.09. The molecule has 1 fully saturated rings. The van der Waals surface area contributed by atoms with Gasteiger partial charge in [0.25, 0.3) is 5.91 Å². The molecule has 5 nitrogen and oxygen atoms in total. The molecule has 0 radical (unpaired) electrons. The van der Waals surface area contributed by atoms with Crippen LogP contribution in [0.15, 0.2) is 18.2 Å². The van der Waals surface area contributed by atoms with Gasteiger partial charge < -0.3 is 20.5 Å². The molecule has 2 rings (SSSR count). The molecule has 92 valence electrons. The van der Waals surface area contributed by atoms with Crippen molar-refractivity contribution in [3.8, 4) is 5.75 Å². The lowest BCUT2D eigenvalue weighted by atomic mass is 10.1. The second-order valence-corrected chi connectivity index (χ2v) is 4.09. The molecule has 0 aliphatic carbocycles. The standard InChI is InChI=1S/C12H16N2O3/c1-2-17-11-4-8(3-9(13)5-11)12(16)14-6-10(15)7-14/h3-5,10,15H,2,6-7,13H2,1H3. The Kier molecular flexibility index (Phi) is 3.19. The van der Waals surface area contributed by atoms with Crippen LogP contribution in [0.2, 0.25) is 0 Å². The molecular weight excluding hydrogens is 220 g/mol. The van der Waals surface area contributed by atoms with E-state index in [-0.39, 0.29) is 5.91 Å². The Bertz CT molecular complexity index is 428. The van der Waals surface area contributed by atoms with E-state index < -0.39 is 6.10 Å². The predicted molar refractivity (Wildman–Crippen MR) is 63.9 cm³/mol. The first-order valence-corrected chi connectivity index (χ1v) is 5.61. The van der Waals surface area contributed by atoms with Crippen LogP contribution in [-0.4, -0.2) is 41.7 Å². The molecule has 1 aromatic carbocycles. The van der Waals surface area contributed by atoms with Gasteiger partial charge in [-0.05, 0) is 19.1 Å². The van der Waals surface area contributed by atoms with Crippen LogP contribution < -0.4 is 10.5 Å². The number of hydrogen-bond donors (Lipinski definition) is 2. The minimum absolute atomic E-state index is 0.122. The van der Waals surface area contributed by atoms with Gasteiger partial charge in [-0.2, -0.15) is 0 Å². The summed E-state index contributed by atoms with van der Waals surface area (Å²) in [6.45, 7) is 3.17. The number of anilines is 1. The molecule has 1 aliphatic rings. The predicted octanol–water partition coefficient (Wildman–Crippen LogP) is 0.484. The normalized spacial score (nSPS) is 15.5. The van der Waals surface area contributed by atoms with E-state index in [2.05, 4.69) is 0 Å². The molecule has 1 heterocycles. The summed E-state index contributed by atoms with van der Waals surface area (Å²) in [5.74, 6) is 0.473. The average molecular weight is 236 g/mol. The van der Waals surface area contributed by atoms with Gasteiger partial charge in [-0.25, -0.2) is 0 Å². The van der Waals surface area contributed by atoms with Crippen LogP contribution in [0.3, 0.4) is 0 Å². The number of amides is 1. The van der Waals surface area contributed by atoms with E-state index in [4.69, 9.17) is 15.6 Å². The minimum atomic E-state index is -0.397. The maximum atomic E-state index is 12.0. The van der Waals surface area contributed by atoms with Gasteiger partial charge in [0.1, 0.15) is 5.75 Å². The van der Waals surface area contributed by atoms with Crippen LogP contribution in [-0.2, 0) is 0 Å². The topological polar surface area (TPSA) is 75.8 Å². The van der Waals surface area contributed by atoms with Crippen molar-refractivity contribution in [3.63, 3.8) is 0 Å². The highest BCUT2D eigenvalue weighted by atomic mass is 16.5. The van der Waals surface area contributed by atoms with Crippen LogP contribution in [0.5, 0.6) is 5.75 Å². The van der Waals surface area contributed by atoms with Crippen LogP contribution in [0.1, 0.15) is 17.3 Å². The Morgan fingerprint density at radius 2 is 2.24 bits per heavy atom. The first-order valence-electron chi connectivity index (χ1n) is 5.61. The molecule has 0 spiro atoms. The number of nitrogens with zero attached hydrogens (tertiary/aromatic N) is 1. The fourth-order valence-corrected chi connectivity index (χ4v) is 1.80. The molecule has 0 unspecified atom stereocenters. The SMILES string of the molecule is CCOc1cc(N)cc(C(=O)N2CC(O)C2)c1. The van der Waals surface area contributed by atoms with E-state index in [1.54, 1.807) is 23.1 Å². The molecule has 0 bridgehead atoms. The fourth-order valence-electron chi connectivity index (χ4n) is 1.80. The minimum Gasteiger partial charge on any atom is -0.494 e. The third-order valence-electron chi connectivity index (χ3n) is 2.64. The summed E-state index contributed by atoms with van der Waals surface area (Å²) >= 11 is 0. The van der Waals surface area contributed by atoms with Crippen LogP contribution in [0.4, 0.5) is 5.69 Å². The van der Waals surface area contributed by atoms with Crippen molar-refractivity contribution in [1.29, 1.82) is 0 Å². The molecule has 0 saturated carbocycles. The molecule has 17 heavy (non-hydrogen) atoms. The third kappa shape index (κ3) is 2.50. The van der Waals surface area contributed by atoms with Crippen molar-refractivity contribution < 1.29 is 14.6 Å². The fraction of sp³-hybridized carbons (Fsp3) is 0.417. The zero-order valence-electron chi connectivity index (χ0n) is 9.72. The number of rotatable bonds is 3. The average Bonchev–Trinajstić information content (AvgIpc) is 2.23. The molecule has 1 aliphatic heterocycles. The number of carbonyl (C=O) groups is 1. The lowest BCUT2D eigenvalue weighted by Gasteiger charge is -2.35. The lowest BCUT2D eigenvalue weighted by Crippen LogP contribution is -2.53. The number of ether oxygens (including phenoxy) is 1. The summed E-state index contributed by atoms with van der Waals surface area (Å²) in [5.41, 5.74) is 6.71. The Labute approximate surface area is 99.8 Å². The summed E-state index contributed by atoms with van der Waals surface area (Å²) in [6, 6.07) is 4.98. The number of hydrogen-bond acceptors (Lipinski definition) is 4. The molecular formula is C12H16N2O3. The zero-order valence-corrected chi connectivity index (χ0v) is 9.72. The van der Waals surface area contributed by atoms with Gasteiger partial charge in [-0.1, -0.05) is 0 Å². The smallest absolute Gasteiger partial charge is 0.254 e. The maximum Gasteiger partial charge on any atom is 0.254 e. The molecule has 1 saturated heterocycles. The number of benzene rings is 1. The van der Waals surface area contributed by atoms with Crippen molar-refractivity contribution in [2.75, 3.05) is 25.4 Å². The summed E-state index contributed by atoms with van der Waals surface area (Å²) in [7, 11) is 0. The van der Waals surface area contributed by atoms with E-state index in [0.29, 0.717) is 36.7 Å². The summed E-state index contributed by atoms with van der Waals surface area (Å²) in [6.07, 6.45) is -0.397. The van der Waals surface area contributed by atoms with Crippen LogP contribution >= 0.6 is 0 Å². The second kappa shape index (κ2) is 4.63. The van der Waals surface area contributed by atoms with Crippen molar-refractivity contribution in [2.24, 2.45) is 0 Å². The number of β-amino-alcohol motifs (C(OH)–C–C–N with tert-alkyl or cyclic N) is 1. The Morgan fingerprint density at radius 1 is 1.53 bits per heavy atom. The van der Waals surface area contributed by atoms with Gasteiger partial charge in [-0.3, -0.25) is 4.79 Å². The first-order chi connectivity index (χ1) is 8.10. The van der Waals surface area contributed by atoms with Crippen molar-refractivity contribution in [1.82, 2.24) is 4.90 Å². The molecule has 3 N–H and O–H groups in total. The number of aliphatic hydroxyl groups excluding tert-OH is 1. The number of nitrogens with two attached hydrogens (primary N) is 1. The molecule has 1 amide bonds. The zero-order chi connectivity index (χ0) is 12.4. The van der Waals surface area contributed by atoms with Crippen molar-refractivity contribution in [3.05, 3.63) is 23.8 Å². The lowest BCUT2D eigenvalue weighted by molar-refractivity contribution is 0.00588. The highest BCUT2D eigenvalue weighted by Gasteiger charge is 2.29. The third-order valence-corrected chi connectivity index (χ3v) is 2.64. The molecule has 0 atom stereocenters. The van der Waals surface area contributed by atoms with Gasteiger partial charge >= 0.3 is 0 Å². The highest BCUT2D eigenvalue weighted by Crippen LogP contribution is 2.21. The summed E-state index contributed by atoms with van der Waals surface area (Å²) in [5, 5.41) is 9.16. The van der Waals surface area contributed by atoms with Gasteiger partial charge in [0, 0.05) is 30.4 Å². The number of nitrogen functional groups attached to an aromatic ring is 1. The van der Waals surface area contributed by atoms with E-state index in [9.17, 15) is 4.79 Å². The largest absolute Gasteiger partial charge is 0.494 e. The highest BCUT2D eigenvalue weighted by molar-refractivity contribution is 5.96.